The van der Waals surface area contributed by atoms with E-state index in [4.69, 9.17) is 10.1 Å². The Morgan fingerprint density at radius 3 is 2.96 bits per heavy atom. The molecule has 2 unspecified atom stereocenters. The fraction of sp³-hybridized carbons (Fsp3) is 0.476. The van der Waals surface area contributed by atoms with Crippen LogP contribution < -0.4 is 10.6 Å². The van der Waals surface area contributed by atoms with Gasteiger partial charge in [-0.15, -0.1) is 0 Å². The van der Waals surface area contributed by atoms with Gasteiger partial charge in [0, 0.05) is 35.3 Å². The van der Waals surface area contributed by atoms with E-state index in [1.807, 2.05) is 29.6 Å². The Labute approximate surface area is 159 Å². The van der Waals surface area contributed by atoms with Crippen LogP contribution >= 0.6 is 0 Å². The first-order valence-electron chi connectivity index (χ1n) is 9.79. The van der Waals surface area contributed by atoms with E-state index >= 15 is 0 Å². The second-order valence-corrected chi connectivity index (χ2v) is 7.66. The van der Waals surface area contributed by atoms with E-state index in [2.05, 4.69) is 30.5 Å². The molecule has 2 aromatic heterocycles. The van der Waals surface area contributed by atoms with Crippen LogP contribution in [0.15, 0.2) is 24.3 Å². The van der Waals surface area contributed by atoms with Gasteiger partial charge in [-0.3, -0.25) is 4.79 Å². The second kappa shape index (κ2) is 7.27. The van der Waals surface area contributed by atoms with Crippen molar-refractivity contribution in [3.8, 4) is 0 Å². The summed E-state index contributed by atoms with van der Waals surface area (Å²) in [5, 5.41) is 12.4. The second-order valence-electron chi connectivity index (χ2n) is 7.66. The highest BCUT2D eigenvalue weighted by Crippen LogP contribution is 2.23. The zero-order chi connectivity index (χ0) is 19.0. The lowest BCUT2D eigenvalue weighted by Gasteiger charge is -2.28. The number of piperidine rings is 1. The van der Waals surface area contributed by atoms with Gasteiger partial charge in [-0.1, -0.05) is 12.1 Å². The van der Waals surface area contributed by atoms with Gasteiger partial charge in [-0.2, -0.15) is 5.10 Å². The molecule has 1 saturated heterocycles. The van der Waals surface area contributed by atoms with Gasteiger partial charge >= 0.3 is 0 Å². The maximum absolute atomic E-state index is 12.4. The maximum Gasteiger partial charge on any atom is 0.220 e. The number of aryl methyl sites for hydroxylation is 2. The molecule has 1 aromatic carbocycles. The molecule has 3 aromatic rings. The summed E-state index contributed by atoms with van der Waals surface area (Å²) in [5.41, 5.74) is 5.00. The number of fused-ring (bicyclic) bond motifs is 3. The van der Waals surface area contributed by atoms with E-state index < -0.39 is 0 Å². The first-order valence-corrected chi connectivity index (χ1v) is 9.79. The van der Waals surface area contributed by atoms with Crippen molar-refractivity contribution in [1.82, 2.24) is 25.2 Å². The summed E-state index contributed by atoms with van der Waals surface area (Å²) in [7, 11) is 0. The van der Waals surface area contributed by atoms with Gasteiger partial charge in [0.25, 0.3) is 0 Å². The van der Waals surface area contributed by atoms with Crippen LogP contribution in [-0.4, -0.2) is 39.1 Å². The Bertz CT molecular complexity index is 993. The van der Waals surface area contributed by atoms with Gasteiger partial charge in [-0.25, -0.2) is 9.50 Å². The predicted molar refractivity (Wildman–Crippen MR) is 107 cm³/mol. The highest BCUT2D eigenvalue weighted by Gasteiger charge is 2.20. The third-order valence-electron chi connectivity index (χ3n) is 5.61. The van der Waals surface area contributed by atoms with E-state index in [9.17, 15) is 4.79 Å². The first kappa shape index (κ1) is 17.9. The highest BCUT2D eigenvalue weighted by atomic mass is 16.1. The topological polar surface area (TPSA) is 71.3 Å². The van der Waals surface area contributed by atoms with Crippen molar-refractivity contribution < 1.29 is 4.79 Å². The molecule has 1 aliphatic heterocycles. The van der Waals surface area contributed by atoms with Crippen molar-refractivity contribution in [1.29, 1.82) is 0 Å². The molecule has 0 bridgehead atoms. The number of carbonyl (C=O) groups excluding carboxylic acids is 1. The van der Waals surface area contributed by atoms with Crippen molar-refractivity contribution in [2.45, 2.75) is 58.5 Å². The molecule has 142 valence electrons. The van der Waals surface area contributed by atoms with Gasteiger partial charge in [-0.05, 0) is 64.3 Å². The summed E-state index contributed by atoms with van der Waals surface area (Å²) >= 11 is 0. The highest BCUT2D eigenvalue weighted by molar-refractivity contribution is 5.92. The summed E-state index contributed by atoms with van der Waals surface area (Å²) in [6.07, 6.45) is 3.16. The number of hydrogen-bond donors (Lipinski definition) is 2. The van der Waals surface area contributed by atoms with Crippen molar-refractivity contribution >= 4 is 22.5 Å². The van der Waals surface area contributed by atoms with E-state index in [0.29, 0.717) is 18.9 Å². The van der Waals surface area contributed by atoms with Gasteiger partial charge in [0.15, 0.2) is 5.65 Å². The Morgan fingerprint density at radius 2 is 2.15 bits per heavy atom. The molecule has 1 fully saturated rings. The normalized spacial score (nSPS) is 20.3. The summed E-state index contributed by atoms with van der Waals surface area (Å²) < 4.78 is 1.92. The summed E-state index contributed by atoms with van der Waals surface area (Å²) in [6, 6.07) is 8.81. The minimum atomic E-state index is 0.124. The quantitative estimate of drug-likeness (QED) is 0.746. The number of benzene rings is 1. The molecule has 3 heterocycles. The Morgan fingerprint density at radius 1 is 1.33 bits per heavy atom. The number of rotatable bonds is 4. The summed E-state index contributed by atoms with van der Waals surface area (Å²) in [6.45, 7) is 7.23. The average molecular weight is 365 g/mol. The van der Waals surface area contributed by atoms with Crippen LogP contribution in [-0.2, 0) is 11.2 Å². The molecule has 0 radical (unpaired) electrons. The average Bonchev–Trinajstić information content (AvgIpc) is 3.00. The Hall–Kier alpha value is -2.47. The number of amides is 1. The van der Waals surface area contributed by atoms with Crippen LogP contribution in [0.3, 0.4) is 0 Å². The number of carbonyl (C=O) groups is 1. The molecule has 2 atom stereocenters. The molecule has 6 nitrogen and oxygen atoms in total. The van der Waals surface area contributed by atoms with Crippen LogP contribution in [0.2, 0.25) is 0 Å². The van der Waals surface area contributed by atoms with Crippen LogP contribution in [0, 0.1) is 13.8 Å². The molecule has 2 N–H and O–H groups in total. The maximum atomic E-state index is 12.4. The molecule has 0 saturated carbocycles. The predicted octanol–water partition coefficient (Wildman–Crippen LogP) is 2.69. The summed E-state index contributed by atoms with van der Waals surface area (Å²) in [5.74, 6) is 0.124. The summed E-state index contributed by atoms with van der Waals surface area (Å²) in [4.78, 5) is 17.2. The minimum absolute atomic E-state index is 0.124. The van der Waals surface area contributed by atoms with Crippen molar-refractivity contribution in [2.24, 2.45) is 0 Å². The van der Waals surface area contributed by atoms with E-state index in [0.717, 1.165) is 52.9 Å². The largest absolute Gasteiger partial charge is 0.353 e. The fourth-order valence-corrected chi connectivity index (χ4v) is 4.14. The molecular weight excluding hydrogens is 338 g/mol. The first-order chi connectivity index (χ1) is 13.0. The van der Waals surface area contributed by atoms with Crippen LogP contribution in [0.25, 0.3) is 16.6 Å². The molecule has 0 spiro atoms. The minimum Gasteiger partial charge on any atom is -0.353 e. The van der Waals surface area contributed by atoms with Gasteiger partial charge in [0.2, 0.25) is 5.91 Å². The molecule has 1 aliphatic rings. The van der Waals surface area contributed by atoms with Crippen LogP contribution in [0.1, 0.15) is 43.1 Å². The lowest BCUT2D eigenvalue weighted by atomic mass is 10.00. The monoisotopic (exact) mass is 365 g/mol. The molecule has 6 heteroatoms. The van der Waals surface area contributed by atoms with Gasteiger partial charge in [0.1, 0.15) is 0 Å². The molecule has 0 aliphatic carbocycles. The zero-order valence-electron chi connectivity index (χ0n) is 16.2. The number of nitrogens with one attached hydrogen (secondary N) is 2. The van der Waals surface area contributed by atoms with E-state index in [1.54, 1.807) is 0 Å². The third kappa shape index (κ3) is 3.54. The number of aromatic nitrogens is 3. The molecular formula is C21H27N5O. The third-order valence-corrected chi connectivity index (χ3v) is 5.61. The zero-order valence-corrected chi connectivity index (χ0v) is 16.2. The van der Waals surface area contributed by atoms with Crippen molar-refractivity contribution in [3.63, 3.8) is 0 Å². The van der Waals surface area contributed by atoms with E-state index in [1.165, 1.54) is 0 Å². The van der Waals surface area contributed by atoms with Crippen molar-refractivity contribution in [2.75, 3.05) is 6.54 Å². The number of hydrogen-bond acceptors (Lipinski definition) is 4. The Kier molecular flexibility index (Phi) is 4.83. The van der Waals surface area contributed by atoms with Crippen molar-refractivity contribution in [3.05, 3.63) is 41.2 Å². The van der Waals surface area contributed by atoms with Gasteiger partial charge in [0.05, 0.1) is 5.52 Å². The smallest absolute Gasteiger partial charge is 0.220 e. The molecule has 27 heavy (non-hydrogen) atoms. The fourth-order valence-electron chi connectivity index (χ4n) is 4.14. The molecule has 4 rings (SSSR count). The van der Waals surface area contributed by atoms with E-state index in [-0.39, 0.29) is 11.9 Å². The Balaban J connectivity index is 1.51. The lowest BCUT2D eigenvalue weighted by molar-refractivity contribution is -0.122. The number of nitrogens with zero attached hydrogens (tertiary/aromatic N) is 3. The SMILES string of the molecule is Cc1nc2c3ccccc3nn2c(C)c1CCC(=O)NC1CCNC(C)C1. The van der Waals surface area contributed by atoms with Crippen LogP contribution in [0.4, 0.5) is 0 Å². The molecule has 1 amide bonds. The lowest BCUT2D eigenvalue weighted by Crippen LogP contribution is -2.46. The standard InChI is InChI=1S/C21H27N5O/c1-13-12-16(10-11-22-13)24-20(27)9-8-17-14(2)23-21-18-6-4-5-7-19(18)25-26(21)15(17)3/h4-7,13,16,22H,8-12H2,1-3H3,(H,24,27). The van der Waals surface area contributed by atoms with Crippen LogP contribution in [0.5, 0.6) is 0 Å². The van der Waals surface area contributed by atoms with Gasteiger partial charge < -0.3 is 10.6 Å².